The average Bonchev–Trinajstić information content (AvgIpc) is 2.54. The zero-order valence-corrected chi connectivity index (χ0v) is 13.8. The highest BCUT2D eigenvalue weighted by Gasteiger charge is 2.15. The van der Waals surface area contributed by atoms with Crippen LogP contribution >= 0.6 is 0 Å². The van der Waals surface area contributed by atoms with E-state index in [0.29, 0.717) is 0 Å². The van der Waals surface area contributed by atoms with E-state index in [2.05, 4.69) is 35.6 Å². The van der Waals surface area contributed by atoms with E-state index in [0.717, 1.165) is 22.3 Å². The van der Waals surface area contributed by atoms with Gasteiger partial charge in [-0.3, -0.25) is 4.79 Å². The van der Waals surface area contributed by atoms with Gasteiger partial charge in [0.25, 0.3) is 5.91 Å². The normalized spacial score (nSPS) is 12.1. The molecule has 0 aromatic heterocycles. The van der Waals surface area contributed by atoms with Crippen molar-refractivity contribution in [3.63, 3.8) is 0 Å². The molecule has 0 spiro atoms. The number of amides is 1. The third kappa shape index (κ3) is 3.11. The fraction of sp³-hybridized carbons (Fsp3) is 0.190. The van der Waals surface area contributed by atoms with E-state index < -0.39 is 0 Å². The lowest BCUT2D eigenvalue weighted by atomic mass is 10.00. The smallest absolute Gasteiger partial charge is 0.252 e. The van der Waals surface area contributed by atoms with E-state index in [1.54, 1.807) is 0 Å². The first kappa shape index (κ1) is 15.3. The highest BCUT2D eigenvalue weighted by Crippen LogP contribution is 2.21. The fourth-order valence-corrected chi connectivity index (χ4v) is 3.00. The fourth-order valence-electron chi connectivity index (χ4n) is 3.00. The summed E-state index contributed by atoms with van der Waals surface area (Å²) in [6.07, 6.45) is 0. The van der Waals surface area contributed by atoms with Gasteiger partial charge in [0, 0.05) is 5.56 Å². The second-order valence-corrected chi connectivity index (χ2v) is 6.07. The summed E-state index contributed by atoms with van der Waals surface area (Å²) in [6, 6.07) is 20.5. The Morgan fingerprint density at radius 3 is 2.22 bits per heavy atom. The van der Waals surface area contributed by atoms with Crippen molar-refractivity contribution in [2.24, 2.45) is 0 Å². The SMILES string of the molecule is Cc1cccc(C)c1C(=O)N[C@H](C)c1ccc2ccccc2c1. The van der Waals surface area contributed by atoms with Gasteiger partial charge in [-0.2, -0.15) is 0 Å². The number of fused-ring (bicyclic) bond motifs is 1. The molecular formula is C21H21NO. The monoisotopic (exact) mass is 303 g/mol. The molecule has 0 radical (unpaired) electrons. The molecule has 3 rings (SSSR count). The molecule has 2 nitrogen and oxygen atoms in total. The molecule has 1 amide bonds. The minimum Gasteiger partial charge on any atom is -0.346 e. The molecule has 0 unspecified atom stereocenters. The highest BCUT2D eigenvalue weighted by molar-refractivity contribution is 5.97. The van der Waals surface area contributed by atoms with E-state index in [4.69, 9.17) is 0 Å². The van der Waals surface area contributed by atoms with Crippen molar-refractivity contribution in [1.82, 2.24) is 5.32 Å². The molecule has 0 saturated heterocycles. The average molecular weight is 303 g/mol. The van der Waals surface area contributed by atoms with Crippen molar-refractivity contribution < 1.29 is 4.79 Å². The third-order valence-corrected chi connectivity index (χ3v) is 4.33. The summed E-state index contributed by atoms with van der Waals surface area (Å²) in [5.41, 5.74) is 3.91. The molecule has 0 fully saturated rings. The number of aryl methyl sites for hydroxylation is 2. The van der Waals surface area contributed by atoms with Crippen molar-refractivity contribution in [1.29, 1.82) is 0 Å². The molecule has 0 aliphatic carbocycles. The number of hydrogen-bond donors (Lipinski definition) is 1. The molecule has 0 heterocycles. The molecule has 116 valence electrons. The van der Waals surface area contributed by atoms with Crippen molar-refractivity contribution in [3.05, 3.63) is 82.9 Å². The minimum absolute atomic E-state index is 0.0127. The van der Waals surface area contributed by atoms with E-state index >= 15 is 0 Å². The van der Waals surface area contributed by atoms with Crippen LogP contribution in [0.25, 0.3) is 10.8 Å². The predicted octanol–water partition coefficient (Wildman–Crippen LogP) is 4.95. The quantitative estimate of drug-likeness (QED) is 0.729. The zero-order chi connectivity index (χ0) is 16.4. The number of carbonyl (C=O) groups excluding carboxylic acids is 1. The Bertz CT molecular complexity index is 846. The molecule has 0 aliphatic heterocycles. The van der Waals surface area contributed by atoms with Crippen LogP contribution in [0.3, 0.4) is 0 Å². The zero-order valence-electron chi connectivity index (χ0n) is 13.8. The lowest BCUT2D eigenvalue weighted by Crippen LogP contribution is -2.28. The van der Waals surface area contributed by atoms with Crippen LogP contribution in [0.4, 0.5) is 0 Å². The number of rotatable bonds is 3. The Hall–Kier alpha value is -2.61. The maximum absolute atomic E-state index is 12.6. The van der Waals surface area contributed by atoms with Gasteiger partial charge in [0.1, 0.15) is 0 Å². The van der Waals surface area contributed by atoms with Crippen molar-refractivity contribution in [2.75, 3.05) is 0 Å². The molecule has 23 heavy (non-hydrogen) atoms. The third-order valence-electron chi connectivity index (χ3n) is 4.33. The van der Waals surface area contributed by atoms with Crippen LogP contribution in [-0.4, -0.2) is 5.91 Å². The van der Waals surface area contributed by atoms with Crippen LogP contribution in [0.1, 0.15) is 40.0 Å². The number of nitrogens with one attached hydrogen (secondary N) is 1. The second kappa shape index (κ2) is 6.25. The summed E-state index contributed by atoms with van der Waals surface area (Å²) < 4.78 is 0. The lowest BCUT2D eigenvalue weighted by Gasteiger charge is -2.17. The minimum atomic E-state index is -0.0360. The van der Waals surface area contributed by atoms with Crippen molar-refractivity contribution in [2.45, 2.75) is 26.8 Å². The largest absolute Gasteiger partial charge is 0.346 e. The van der Waals surface area contributed by atoms with Gasteiger partial charge in [-0.05, 0) is 54.3 Å². The summed E-state index contributed by atoms with van der Waals surface area (Å²) >= 11 is 0. The number of carbonyl (C=O) groups is 1. The van der Waals surface area contributed by atoms with Gasteiger partial charge in [0.05, 0.1) is 6.04 Å². The van der Waals surface area contributed by atoms with Gasteiger partial charge >= 0.3 is 0 Å². The number of benzene rings is 3. The Morgan fingerprint density at radius 1 is 0.870 bits per heavy atom. The topological polar surface area (TPSA) is 29.1 Å². The molecule has 0 saturated carbocycles. The predicted molar refractivity (Wildman–Crippen MR) is 95.7 cm³/mol. The highest BCUT2D eigenvalue weighted by atomic mass is 16.1. The first-order valence-electron chi connectivity index (χ1n) is 7.92. The second-order valence-electron chi connectivity index (χ2n) is 6.07. The van der Waals surface area contributed by atoms with Gasteiger partial charge in [-0.15, -0.1) is 0 Å². The Balaban J connectivity index is 1.85. The van der Waals surface area contributed by atoms with E-state index in [9.17, 15) is 4.79 Å². The number of hydrogen-bond acceptors (Lipinski definition) is 1. The summed E-state index contributed by atoms with van der Waals surface area (Å²) in [5.74, 6) is -0.0127. The molecule has 3 aromatic carbocycles. The summed E-state index contributed by atoms with van der Waals surface area (Å²) in [5, 5.41) is 5.53. The summed E-state index contributed by atoms with van der Waals surface area (Å²) in [6.45, 7) is 5.97. The molecular weight excluding hydrogens is 282 g/mol. The molecule has 1 atom stereocenters. The standard InChI is InChI=1S/C21H21NO/c1-14-7-6-8-15(2)20(14)21(23)22-16(3)18-12-11-17-9-4-5-10-19(17)13-18/h4-13,16H,1-3H3,(H,22,23)/t16-/m1/s1. The van der Waals surface area contributed by atoms with Crippen LogP contribution in [0.2, 0.25) is 0 Å². The van der Waals surface area contributed by atoms with Gasteiger partial charge in [0.2, 0.25) is 0 Å². The molecule has 3 aromatic rings. The van der Waals surface area contributed by atoms with Crippen LogP contribution in [-0.2, 0) is 0 Å². The summed E-state index contributed by atoms with van der Waals surface area (Å²) in [4.78, 5) is 12.6. The van der Waals surface area contributed by atoms with Crippen LogP contribution in [0.15, 0.2) is 60.7 Å². The van der Waals surface area contributed by atoms with Gasteiger partial charge in [-0.25, -0.2) is 0 Å². The van der Waals surface area contributed by atoms with Crippen LogP contribution < -0.4 is 5.32 Å². The van der Waals surface area contributed by atoms with E-state index in [1.807, 2.05) is 51.1 Å². The Kier molecular flexibility index (Phi) is 4.16. The molecule has 0 bridgehead atoms. The van der Waals surface area contributed by atoms with Crippen LogP contribution in [0, 0.1) is 13.8 Å². The first-order chi connectivity index (χ1) is 11.1. The van der Waals surface area contributed by atoms with Gasteiger partial charge in [-0.1, -0.05) is 54.6 Å². The molecule has 2 heteroatoms. The van der Waals surface area contributed by atoms with Gasteiger partial charge in [0.15, 0.2) is 0 Å². The molecule has 0 aliphatic rings. The Morgan fingerprint density at radius 2 is 1.52 bits per heavy atom. The first-order valence-corrected chi connectivity index (χ1v) is 7.92. The Labute approximate surface area is 137 Å². The van der Waals surface area contributed by atoms with Gasteiger partial charge < -0.3 is 5.32 Å². The van der Waals surface area contributed by atoms with E-state index in [-0.39, 0.29) is 11.9 Å². The maximum atomic E-state index is 12.6. The summed E-state index contributed by atoms with van der Waals surface area (Å²) in [7, 11) is 0. The van der Waals surface area contributed by atoms with E-state index in [1.165, 1.54) is 10.8 Å². The molecule has 1 N–H and O–H groups in total. The van der Waals surface area contributed by atoms with Crippen LogP contribution in [0.5, 0.6) is 0 Å². The van der Waals surface area contributed by atoms with Crippen molar-refractivity contribution in [3.8, 4) is 0 Å². The lowest BCUT2D eigenvalue weighted by molar-refractivity contribution is 0.0938. The maximum Gasteiger partial charge on any atom is 0.252 e. The van der Waals surface area contributed by atoms with Crippen molar-refractivity contribution >= 4 is 16.7 Å².